The van der Waals surface area contributed by atoms with Crippen LogP contribution in [0, 0.1) is 0 Å². The lowest BCUT2D eigenvalue weighted by Crippen LogP contribution is -2.15. The minimum absolute atomic E-state index is 1.14. The third-order valence-electron chi connectivity index (χ3n) is 3.18. The first-order valence-electron chi connectivity index (χ1n) is 7.15. The summed E-state index contributed by atoms with van der Waals surface area (Å²) in [5.41, 5.74) is 2.93. The molecule has 1 rings (SSSR count). The first-order chi connectivity index (χ1) is 8.36. The largest absolute Gasteiger partial charge is 0.317 e. The minimum atomic E-state index is 1.14. The molecule has 0 amide bonds. The maximum absolute atomic E-state index is 3.45. The summed E-state index contributed by atoms with van der Waals surface area (Å²) in [5, 5.41) is 3.45. The molecule has 1 aromatic rings. The Labute approximate surface area is 107 Å². The standard InChI is InChI=1S/C16H27N/c1-3-13-17-14-7-5-6-8-16-11-9-15(4-2)10-12-16/h9-12,17H,3-8,13-14H2,1-2H3. The lowest BCUT2D eigenvalue weighted by molar-refractivity contribution is 0.599. The Morgan fingerprint density at radius 1 is 0.824 bits per heavy atom. The number of rotatable bonds is 9. The van der Waals surface area contributed by atoms with Gasteiger partial charge in [0, 0.05) is 0 Å². The summed E-state index contributed by atoms with van der Waals surface area (Å²) in [4.78, 5) is 0. The average molecular weight is 233 g/mol. The zero-order valence-corrected chi connectivity index (χ0v) is 11.5. The van der Waals surface area contributed by atoms with Crippen LogP contribution >= 0.6 is 0 Å². The summed E-state index contributed by atoms with van der Waals surface area (Å²) in [7, 11) is 0. The molecule has 0 aromatic heterocycles. The van der Waals surface area contributed by atoms with Crippen LogP contribution in [0.3, 0.4) is 0 Å². The van der Waals surface area contributed by atoms with E-state index in [1.165, 1.54) is 56.3 Å². The molecule has 0 aliphatic carbocycles. The van der Waals surface area contributed by atoms with Crippen molar-refractivity contribution >= 4 is 0 Å². The molecule has 0 radical (unpaired) electrons. The van der Waals surface area contributed by atoms with Crippen LogP contribution in [0.25, 0.3) is 0 Å². The fraction of sp³-hybridized carbons (Fsp3) is 0.625. The Bertz CT molecular complexity index is 276. The maximum Gasteiger partial charge on any atom is -0.00489 e. The van der Waals surface area contributed by atoms with E-state index < -0.39 is 0 Å². The molecule has 0 bridgehead atoms. The van der Waals surface area contributed by atoms with Crippen LogP contribution in [0.5, 0.6) is 0 Å². The second-order valence-corrected chi connectivity index (χ2v) is 4.73. The van der Waals surface area contributed by atoms with Gasteiger partial charge >= 0.3 is 0 Å². The van der Waals surface area contributed by atoms with Gasteiger partial charge in [-0.05, 0) is 56.3 Å². The molecule has 0 atom stereocenters. The van der Waals surface area contributed by atoms with Gasteiger partial charge in [-0.1, -0.05) is 44.5 Å². The maximum atomic E-state index is 3.45. The predicted octanol–water partition coefficient (Wildman–Crippen LogP) is 3.96. The topological polar surface area (TPSA) is 12.0 Å². The number of hydrogen-bond donors (Lipinski definition) is 1. The van der Waals surface area contributed by atoms with Gasteiger partial charge in [-0.25, -0.2) is 0 Å². The van der Waals surface area contributed by atoms with Gasteiger partial charge in [0.15, 0.2) is 0 Å². The van der Waals surface area contributed by atoms with E-state index in [1.54, 1.807) is 0 Å². The highest BCUT2D eigenvalue weighted by Crippen LogP contribution is 2.09. The molecular formula is C16H27N. The first kappa shape index (κ1) is 14.2. The fourth-order valence-corrected chi connectivity index (χ4v) is 2.00. The quantitative estimate of drug-likeness (QED) is 0.637. The molecule has 0 saturated carbocycles. The van der Waals surface area contributed by atoms with Crippen LogP contribution in [0.2, 0.25) is 0 Å². The first-order valence-corrected chi connectivity index (χ1v) is 7.15. The van der Waals surface area contributed by atoms with Gasteiger partial charge in [-0.3, -0.25) is 0 Å². The van der Waals surface area contributed by atoms with Gasteiger partial charge in [0.25, 0.3) is 0 Å². The number of aryl methyl sites for hydroxylation is 2. The third kappa shape index (κ3) is 6.48. The zero-order valence-electron chi connectivity index (χ0n) is 11.5. The summed E-state index contributed by atoms with van der Waals surface area (Å²) in [6, 6.07) is 9.10. The second kappa shape index (κ2) is 9.23. The molecule has 0 unspecified atom stereocenters. The average Bonchev–Trinajstić information content (AvgIpc) is 2.38. The van der Waals surface area contributed by atoms with Crippen LogP contribution in [0.4, 0.5) is 0 Å². The summed E-state index contributed by atoms with van der Waals surface area (Å²) in [5.74, 6) is 0. The molecule has 17 heavy (non-hydrogen) atoms. The van der Waals surface area contributed by atoms with Crippen molar-refractivity contribution in [1.82, 2.24) is 5.32 Å². The van der Waals surface area contributed by atoms with Gasteiger partial charge in [-0.15, -0.1) is 0 Å². The number of benzene rings is 1. The Morgan fingerprint density at radius 2 is 1.53 bits per heavy atom. The van der Waals surface area contributed by atoms with Crippen molar-refractivity contribution in [3.05, 3.63) is 35.4 Å². The SMILES string of the molecule is CCCNCCCCCc1ccc(CC)cc1. The van der Waals surface area contributed by atoms with Gasteiger partial charge in [-0.2, -0.15) is 0 Å². The highest BCUT2D eigenvalue weighted by atomic mass is 14.8. The lowest BCUT2D eigenvalue weighted by Gasteiger charge is -2.04. The molecule has 0 heterocycles. The Balaban J connectivity index is 2.05. The van der Waals surface area contributed by atoms with Gasteiger partial charge < -0.3 is 5.32 Å². The Morgan fingerprint density at radius 3 is 2.18 bits per heavy atom. The highest BCUT2D eigenvalue weighted by molar-refractivity contribution is 5.22. The van der Waals surface area contributed by atoms with Crippen LogP contribution in [0.15, 0.2) is 24.3 Å². The molecule has 1 heteroatoms. The molecule has 1 aromatic carbocycles. The van der Waals surface area contributed by atoms with Gasteiger partial charge in [0.05, 0.1) is 0 Å². The van der Waals surface area contributed by atoms with E-state index in [0.29, 0.717) is 0 Å². The van der Waals surface area contributed by atoms with Crippen molar-refractivity contribution in [3.8, 4) is 0 Å². The van der Waals surface area contributed by atoms with Crippen LogP contribution in [-0.2, 0) is 12.8 Å². The van der Waals surface area contributed by atoms with E-state index >= 15 is 0 Å². The molecule has 0 aliphatic heterocycles. The smallest absolute Gasteiger partial charge is 0.00489 e. The molecule has 0 saturated heterocycles. The number of nitrogens with one attached hydrogen (secondary N) is 1. The van der Waals surface area contributed by atoms with Gasteiger partial charge in [0.1, 0.15) is 0 Å². The van der Waals surface area contributed by atoms with Crippen molar-refractivity contribution in [1.29, 1.82) is 0 Å². The second-order valence-electron chi connectivity index (χ2n) is 4.73. The molecule has 1 N–H and O–H groups in total. The Hall–Kier alpha value is -0.820. The highest BCUT2D eigenvalue weighted by Gasteiger charge is 1.94. The Kier molecular flexibility index (Phi) is 7.74. The molecule has 0 aliphatic rings. The van der Waals surface area contributed by atoms with Crippen LogP contribution in [-0.4, -0.2) is 13.1 Å². The minimum Gasteiger partial charge on any atom is -0.317 e. The van der Waals surface area contributed by atoms with E-state index in [1.807, 2.05) is 0 Å². The van der Waals surface area contributed by atoms with Crippen molar-refractivity contribution in [3.63, 3.8) is 0 Å². The monoisotopic (exact) mass is 233 g/mol. The molecule has 0 spiro atoms. The number of hydrogen-bond acceptors (Lipinski definition) is 1. The molecule has 96 valence electrons. The van der Waals surface area contributed by atoms with E-state index in [0.717, 1.165) is 6.42 Å². The van der Waals surface area contributed by atoms with E-state index in [-0.39, 0.29) is 0 Å². The van der Waals surface area contributed by atoms with E-state index in [2.05, 4.69) is 43.4 Å². The van der Waals surface area contributed by atoms with E-state index in [4.69, 9.17) is 0 Å². The predicted molar refractivity (Wildman–Crippen MR) is 76.5 cm³/mol. The van der Waals surface area contributed by atoms with E-state index in [9.17, 15) is 0 Å². The summed E-state index contributed by atoms with van der Waals surface area (Å²) < 4.78 is 0. The fourth-order valence-electron chi connectivity index (χ4n) is 2.00. The van der Waals surface area contributed by atoms with Crippen molar-refractivity contribution in [2.24, 2.45) is 0 Å². The van der Waals surface area contributed by atoms with Crippen molar-refractivity contribution < 1.29 is 0 Å². The summed E-state index contributed by atoms with van der Waals surface area (Å²) in [6.45, 7) is 6.77. The van der Waals surface area contributed by atoms with Crippen LogP contribution < -0.4 is 5.32 Å². The van der Waals surface area contributed by atoms with Gasteiger partial charge in [0.2, 0.25) is 0 Å². The van der Waals surface area contributed by atoms with Crippen LogP contribution in [0.1, 0.15) is 50.7 Å². The number of unbranched alkanes of at least 4 members (excludes halogenated alkanes) is 2. The summed E-state index contributed by atoms with van der Waals surface area (Å²) >= 11 is 0. The third-order valence-corrected chi connectivity index (χ3v) is 3.18. The molecule has 1 nitrogen and oxygen atoms in total. The molecular weight excluding hydrogens is 206 g/mol. The lowest BCUT2D eigenvalue weighted by atomic mass is 10.0. The molecule has 0 fully saturated rings. The van der Waals surface area contributed by atoms with Crippen molar-refractivity contribution in [2.45, 2.75) is 52.4 Å². The zero-order chi connectivity index (χ0) is 12.3. The normalized spacial score (nSPS) is 10.7. The summed E-state index contributed by atoms with van der Waals surface area (Å²) in [6.07, 6.45) is 7.59. The van der Waals surface area contributed by atoms with Crippen molar-refractivity contribution in [2.75, 3.05) is 13.1 Å².